The van der Waals surface area contributed by atoms with Crippen LogP contribution in [0, 0.1) is 0 Å². The minimum Gasteiger partial charge on any atom is -0.350 e. The van der Waals surface area contributed by atoms with E-state index in [0.29, 0.717) is 24.2 Å². The third-order valence-corrected chi connectivity index (χ3v) is 4.47. The van der Waals surface area contributed by atoms with E-state index < -0.39 is 0 Å². The summed E-state index contributed by atoms with van der Waals surface area (Å²) in [6.07, 6.45) is 5.70. The lowest BCUT2D eigenvalue weighted by Crippen LogP contribution is -2.26. The molecular formula is C17H14N6OS. The van der Waals surface area contributed by atoms with Gasteiger partial charge in [-0.1, -0.05) is 12.1 Å². The molecule has 0 fully saturated rings. The standard InChI is InChI=1S/C17H14N6OS/c24-16(15-10-19-13-4-1-2-5-14(13)22-15)18-8-6-12-11-25-17(21-12)23-9-3-7-20-23/h1-5,7,9-11H,6,8H2,(H,18,24). The second-order valence-corrected chi connectivity index (χ2v) is 6.16. The van der Waals surface area contributed by atoms with Crippen LogP contribution < -0.4 is 5.32 Å². The van der Waals surface area contributed by atoms with Crippen LogP contribution in [0.4, 0.5) is 0 Å². The molecule has 0 saturated carbocycles. The summed E-state index contributed by atoms with van der Waals surface area (Å²) in [6, 6.07) is 9.32. The van der Waals surface area contributed by atoms with Crippen LogP contribution in [0.15, 0.2) is 54.3 Å². The molecule has 124 valence electrons. The van der Waals surface area contributed by atoms with Gasteiger partial charge in [0.25, 0.3) is 5.91 Å². The third-order valence-electron chi connectivity index (χ3n) is 3.59. The van der Waals surface area contributed by atoms with Gasteiger partial charge in [-0.05, 0) is 18.2 Å². The number of nitrogens with zero attached hydrogens (tertiary/aromatic N) is 5. The smallest absolute Gasteiger partial charge is 0.271 e. The van der Waals surface area contributed by atoms with Gasteiger partial charge in [-0.3, -0.25) is 9.78 Å². The lowest BCUT2D eigenvalue weighted by atomic mass is 10.3. The molecule has 0 aliphatic rings. The zero-order valence-electron chi connectivity index (χ0n) is 13.2. The summed E-state index contributed by atoms with van der Waals surface area (Å²) in [5, 5.41) is 9.79. The first-order valence-corrected chi connectivity index (χ1v) is 8.62. The lowest BCUT2D eigenvalue weighted by Gasteiger charge is -2.04. The molecule has 1 N–H and O–H groups in total. The van der Waals surface area contributed by atoms with E-state index in [-0.39, 0.29) is 5.91 Å². The highest BCUT2D eigenvalue weighted by Crippen LogP contribution is 2.14. The monoisotopic (exact) mass is 350 g/mol. The molecule has 1 amide bonds. The van der Waals surface area contributed by atoms with Crippen LogP contribution in [0.1, 0.15) is 16.2 Å². The zero-order valence-corrected chi connectivity index (χ0v) is 14.0. The Morgan fingerprint density at radius 1 is 1.16 bits per heavy atom. The minimum absolute atomic E-state index is 0.235. The van der Waals surface area contributed by atoms with Crippen molar-refractivity contribution in [3.05, 3.63) is 65.7 Å². The number of rotatable bonds is 5. The first-order valence-electron chi connectivity index (χ1n) is 7.74. The molecule has 0 atom stereocenters. The molecule has 0 aliphatic heterocycles. The van der Waals surface area contributed by atoms with E-state index in [1.165, 1.54) is 17.5 Å². The highest BCUT2D eigenvalue weighted by molar-refractivity contribution is 7.12. The SMILES string of the molecule is O=C(NCCc1csc(-n2cccn2)n1)c1cnc2ccccc2n1. The van der Waals surface area contributed by atoms with Crippen LogP contribution in [0.2, 0.25) is 0 Å². The Bertz CT molecular complexity index is 1010. The quantitative estimate of drug-likeness (QED) is 0.597. The zero-order chi connectivity index (χ0) is 17.1. The number of hydrogen-bond donors (Lipinski definition) is 1. The van der Waals surface area contributed by atoms with Gasteiger partial charge in [0.1, 0.15) is 5.69 Å². The summed E-state index contributed by atoms with van der Waals surface area (Å²) in [6.45, 7) is 0.482. The fourth-order valence-corrected chi connectivity index (χ4v) is 3.16. The second-order valence-electron chi connectivity index (χ2n) is 5.32. The van der Waals surface area contributed by atoms with Crippen LogP contribution in [-0.2, 0) is 6.42 Å². The largest absolute Gasteiger partial charge is 0.350 e. The van der Waals surface area contributed by atoms with Crippen molar-refractivity contribution in [2.45, 2.75) is 6.42 Å². The average Bonchev–Trinajstić information content (AvgIpc) is 3.32. The topological polar surface area (TPSA) is 85.6 Å². The van der Waals surface area contributed by atoms with Crippen molar-refractivity contribution >= 4 is 28.3 Å². The Hall–Kier alpha value is -3.13. The lowest BCUT2D eigenvalue weighted by molar-refractivity contribution is 0.0949. The van der Waals surface area contributed by atoms with Crippen LogP contribution in [0.5, 0.6) is 0 Å². The highest BCUT2D eigenvalue weighted by atomic mass is 32.1. The van der Waals surface area contributed by atoms with Gasteiger partial charge in [0.15, 0.2) is 0 Å². The molecule has 3 aromatic heterocycles. The van der Waals surface area contributed by atoms with Gasteiger partial charge in [0.2, 0.25) is 5.13 Å². The number of amides is 1. The van der Waals surface area contributed by atoms with Gasteiger partial charge < -0.3 is 5.32 Å². The molecule has 25 heavy (non-hydrogen) atoms. The predicted octanol–water partition coefficient (Wildman–Crippen LogP) is 2.24. The number of hydrogen-bond acceptors (Lipinski definition) is 6. The Labute approximate surface area is 147 Å². The number of carbonyl (C=O) groups is 1. The number of para-hydroxylation sites is 2. The number of aromatic nitrogens is 5. The molecule has 0 radical (unpaired) electrons. The Morgan fingerprint density at radius 2 is 2.04 bits per heavy atom. The van der Waals surface area contributed by atoms with Gasteiger partial charge in [0, 0.05) is 30.7 Å². The molecule has 0 unspecified atom stereocenters. The maximum absolute atomic E-state index is 12.2. The van der Waals surface area contributed by atoms with Gasteiger partial charge in [-0.15, -0.1) is 11.3 Å². The molecule has 0 saturated heterocycles. The molecule has 0 bridgehead atoms. The van der Waals surface area contributed by atoms with Crippen LogP contribution in [-0.4, -0.2) is 37.2 Å². The van der Waals surface area contributed by atoms with Crippen molar-refractivity contribution < 1.29 is 4.79 Å². The molecule has 0 spiro atoms. The van der Waals surface area contributed by atoms with Crippen LogP contribution >= 0.6 is 11.3 Å². The van der Waals surface area contributed by atoms with E-state index in [9.17, 15) is 4.79 Å². The molecule has 0 aliphatic carbocycles. The van der Waals surface area contributed by atoms with Gasteiger partial charge in [-0.2, -0.15) is 5.10 Å². The number of fused-ring (bicyclic) bond motifs is 1. The van der Waals surface area contributed by atoms with Gasteiger partial charge in [-0.25, -0.2) is 14.6 Å². The Morgan fingerprint density at radius 3 is 2.88 bits per heavy atom. The van der Waals surface area contributed by atoms with E-state index in [2.05, 4.69) is 25.4 Å². The van der Waals surface area contributed by atoms with Crippen molar-refractivity contribution in [2.24, 2.45) is 0 Å². The molecular weight excluding hydrogens is 336 g/mol. The Balaban J connectivity index is 1.37. The Kier molecular flexibility index (Phi) is 4.17. The van der Waals surface area contributed by atoms with E-state index in [4.69, 9.17) is 0 Å². The summed E-state index contributed by atoms with van der Waals surface area (Å²) in [5.74, 6) is -0.235. The maximum atomic E-state index is 12.2. The highest BCUT2D eigenvalue weighted by Gasteiger charge is 2.09. The van der Waals surface area contributed by atoms with Crippen LogP contribution in [0.25, 0.3) is 16.2 Å². The number of carbonyl (C=O) groups excluding carboxylic acids is 1. The van der Waals surface area contributed by atoms with Crippen molar-refractivity contribution in [3.63, 3.8) is 0 Å². The van der Waals surface area contributed by atoms with E-state index >= 15 is 0 Å². The third kappa shape index (κ3) is 3.38. The predicted molar refractivity (Wildman–Crippen MR) is 94.8 cm³/mol. The molecule has 4 aromatic rings. The molecule has 1 aromatic carbocycles. The summed E-state index contributed by atoms with van der Waals surface area (Å²) in [7, 11) is 0. The van der Waals surface area contributed by atoms with Crippen molar-refractivity contribution in [2.75, 3.05) is 6.54 Å². The summed E-state index contributed by atoms with van der Waals surface area (Å²) in [5.41, 5.74) is 2.71. The summed E-state index contributed by atoms with van der Waals surface area (Å²) >= 11 is 1.52. The fourth-order valence-electron chi connectivity index (χ4n) is 2.36. The summed E-state index contributed by atoms with van der Waals surface area (Å²) < 4.78 is 1.72. The fraction of sp³-hybridized carbons (Fsp3) is 0.118. The van der Waals surface area contributed by atoms with E-state index in [1.807, 2.05) is 41.9 Å². The first-order chi connectivity index (χ1) is 12.3. The molecule has 7 nitrogen and oxygen atoms in total. The maximum Gasteiger partial charge on any atom is 0.271 e. The van der Waals surface area contributed by atoms with Crippen molar-refractivity contribution in [3.8, 4) is 5.13 Å². The van der Waals surface area contributed by atoms with Gasteiger partial charge in [0.05, 0.1) is 22.9 Å². The van der Waals surface area contributed by atoms with Gasteiger partial charge >= 0.3 is 0 Å². The number of nitrogens with one attached hydrogen (secondary N) is 1. The number of benzene rings is 1. The van der Waals surface area contributed by atoms with E-state index in [0.717, 1.165) is 16.3 Å². The molecule has 4 rings (SSSR count). The van der Waals surface area contributed by atoms with E-state index in [1.54, 1.807) is 10.9 Å². The first kappa shape index (κ1) is 15.4. The normalized spacial score (nSPS) is 10.9. The van der Waals surface area contributed by atoms with Crippen LogP contribution in [0.3, 0.4) is 0 Å². The molecule has 3 heterocycles. The minimum atomic E-state index is -0.235. The van der Waals surface area contributed by atoms with Crippen molar-refractivity contribution in [1.82, 2.24) is 30.0 Å². The second kappa shape index (κ2) is 6.78. The summed E-state index contributed by atoms with van der Waals surface area (Å²) in [4.78, 5) is 25.3. The average molecular weight is 350 g/mol. The number of thiazole rings is 1. The van der Waals surface area contributed by atoms with Crippen molar-refractivity contribution in [1.29, 1.82) is 0 Å². The molecule has 8 heteroatoms.